The maximum Gasteiger partial charge on any atom is 0.259 e. The van der Waals surface area contributed by atoms with Crippen molar-refractivity contribution in [3.8, 4) is 5.75 Å². The summed E-state index contributed by atoms with van der Waals surface area (Å²) in [4.78, 5) is 58.6. The van der Waals surface area contributed by atoms with Gasteiger partial charge in [-0.15, -0.1) is 0 Å². The molecular formula is C30H39N5O8. The first-order valence-electron chi connectivity index (χ1n) is 14.4. The number of aliphatic hydroxyl groups excluding tert-OH is 2. The third kappa shape index (κ3) is 5.09. The van der Waals surface area contributed by atoms with E-state index in [0.29, 0.717) is 5.56 Å². The topological polar surface area (TPSA) is 183 Å². The Kier molecular flexibility index (Phi) is 8.11. The van der Waals surface area contributed by atoms with Gasteiger partial charge in [-0.05, 0) is 84.5 Å². The number of phenolic OH excluding ortho intramolecular Hbond substituents is 1. The van der Waals surface area contributed by atoms with Crippen molar-refractivity contribution in [3.05, 3.63) is 40.2 Å². The number of amides is 2. The first-order valence-corrected chi connectivity index (χ1v) is 14.4. The van der Waals surface area contributed by atoms with E-state index in [1.807, 2.05) is 4.90 Å². The number of benzene rings is 1. The van der Waals surface area contributed by atoms with Crippen molar-refractivity contribution >= 4 is 34.8 Å². The minimum atomic E-state index is -2.67. The lowest BCUT2D eigenvalue weighted by atomic mass is 9.57. The average Bonchev–Trinajstić information content (AvgIpc) is 3.44. The molecule has 0 bridgehead atoms. The Balaban J connectivity index is 1.56. The zero-order chi connectivity index (χ0) is 31.4. The molecule has 2 fully saturated rings. The summed E-state index contributed by atoms with van der Waals surface area (Å²) in [6.07, 6.45) is 2.17. The number of rotatable bonds is 7. The summed E-state index contributed by atoms with van der Waals surface area (Å²) in [6, 6.07) is 2.04. The average molecular weight is 598 g/mol. The first kappa shape index (κ1) is 30.7. The summed E-state index contributed by atoms with van der Waals surface area (Å²) in [6.45, 7) is 1.73. The first-order chi connectivity index (χ1) is 20.3. The van der Waals surface area contributed by atoms with Gasteiger partial charge in [0, 0.05) is 11.5 Å². The van der Waals surface area contributed by atoms with Crippen LogP contribution in [0.2, 0.25) is 0 Å². The predicted octanol–water partition coefficient (Wildman–Crippen LogP) is 0.148. The molecule has 2 amide bonds. The molecule has 0 spiro atoms. The van der Waals surface area contributed by atoms with Crippen LogP contribution in [-0.4, -0.2) is 125 Å². The van der Waals surface area contributed by atoms with Crippen LogP contribution >= 0.6 is 0 Å². The second kappa shape index (κ2) is 11.4. The molecule has 1 saturated carbocycles. The quantitative estimate of drug-likeness (QED) is 0.186. The van der Waals surface area contributed by atoms with Gasteiger partial charge in [0.25, 0.3) is 5.91 Å². The van der Waals surface area contributed by atoms with E-state index in [1.54, 1.807) is 39.2 Å². The minimum Gasteiger partial charge on any atom is -0.508 e. The van der Waals surface area contributed by atoms with Crippen LogP contribution in [0.1, 0.15) is 30.4 Å². The van der Waals surface area contributed by atoms with E-state index >= 15 is 0 Å². The van der Waals surface area contributed by atoms with Gasteiger partial charge in [-0.25, -0.2) is 0 Å². The van der Waals surface area contributed by atoms with Crippen molar-refractivity contribution in [1.82, 2.24) is 20.0 Å². The number of phenols is 1. The lowest BCUT2D eigenvalue weighted by molar-refractivity contribution is -0.153. The van der Waals surface area contributed by atoms with Gasteiger partial charge in [-0.1, -0.05) is 6.07 Å². The molecular weight excluding hydrogens is 558 g/mol. The van der Waals surface area contributed by atoms with Crippen LogP contribution in [0.3, 0.4) is 0 Å². The molecule has 13 nitrogen and oxygen atoms in total. The van der Waals surface area contributed by atoms with Gasteiger partial charge in [0.05, 0.1) is 30.5 Å². The molecule has 6 N–H and O–H groups in total. The van der Waals surface area contributed by atoms with Gasteiger partial charge in [-0.2, -0.15) is 0 Å². The molecule has 4 atom stereocenters. The molecule has 0 radical (unpaired) electrons. The molecule has 1 aromatic rings. The van der Waals surface area contributed by atoms with Crippen molar-refractivity contribution < 1.29 is 39.6 Å². The third-order valence-electron chi connectivity index (χ3n) is 8.97. The standard InChI is InChI=1S/C30H39N5O8/c1-33(2)13-19(36)32-18-8-7-15-11-16-12-17-23(34(3)4)26(39)22(29(42)31-14-35-9-5-6-10-35)28(41)30(17,43)27(40)21(16)25(38)20(15)24(18)37/h7-8,16-17,23,37-38,41,43H,5-6,9-14H2,1-4H3,(H,31,42)(H,32,36). The molecule has 13 heteroatoms. The monoisotopic (exact) mass is 597 g/mol. The van der Waals surface area contributed by atoms with Crippen LogP contribution in [0.15, 0.2) is 29.0 Å². The van der Waals surface area contributed by atoms with E-state index in [1.165, 1.54) is 11.0 Å². The number of hydrogen-bond acceptors (Lipinski definition) is 11. The molecule has 0 aromatic heterocycles. The molecule has 4 aliphatic rings. The highest BCUT2D eigenvalue weighted by molar-refractivity contribution is 6.25. The highest BCUT2D eigenvalue weighted by Crippen LogP contribution is 2.53. The zero-order valence-corrected chi connectivity index (χ0v) is 24.8. The van der Waals surface area contributed by atoms with Gasteiger partial charge < -0.3 is 36.0 Å². The Labute approximate surface area is 249 Å². The van der Waals surface area contributed by atoms with E-state index in [0.717, 1.165) is 25.9 Å². The predicted molar refractivity (Wildman–Crippen MR) is 156 cm³/mol. The molecule has 1 aliphatic heterocycles. The molecule has 1 saturated heterocycles. The van der Waals surface area contributed by atoms with Crippen molar-refractivity contribution in [1.29, 1.82) is 0 Å². The summed E-state index contributed by atoms with van der Waals surface area (Å²) in [5.74, 6) is -6.87. The Bertz CT molecular complexity index is 1440. The second-order valence-corrected chi connectivity index (χ2v) is 12.4. The smallest absolute Gasteiger partial charge is 0.259 e. The van der Waals surface area contributed by atoms with E-state index in [2.05, 4.69) is 10.6 Å². The van der Waals surface area contributed by atoms with Crippen molar-refractivity contribution in [3.63, 3.8) is 0 Å². The summed E-state index contributed by atoms with van der Waals surface area (Å²) < 4.78 is 0. The van der Waals surface area contributed by atoms with Gasteiger partial charge in [0.1, 0.15) is 22.8 Å². The lowest BCUT2D eigenvalue weighted by Gasteiger charge is -2.50. The molecule has 1 heterocycles. The number of Topliss-reactive ketones (excluding diaryl/α,β-unsaturated/α-hetero) is 2. The number of anilines is 1. The summed E-state index contributed by atoms with van der Waals surface area (Å²) in [5.41, 5.74) is -3.09. The molecule has 3 aliphatic carbocycles. The largest absolute Gasteiger partial charge is 0.508 e. The fraction of sp³-hybridized carbons (Fsp3) is 0.533. The second-order valence-electron chi connectivity index (χ2n) is 12.4. The number of nitrogens with one attached hydrogen (secondary N) is 2. The van der Waals surface area contributed by atoms with Crippen LogP contribution < -0.4 is 10.6 Å². The Morgan fingerprint density at radius 1 is 1.07 bits per heavy atom. The number of aromatic hydroxyl groups is 1. The molecule has 232 valence electrons. The maximum absolute atomic E-state index is 14.2. The van der Waals surface area contributed by atoms with Crippen molar-refractivity contribution in [2.45, 2.75) is 37.3 Å². The Hall–Kier alpha value is -3.78. The highest BCUT2D eigenvalue weighted by atomic mass is 16.3. The zero-order valence-electron chi connectivity index (χ0n) is 24.8. The van der Waals surface area contributed by atoms with Crippen LogP contribution in [0, 0.1) is 11.8 Å². The third-order valence-corrected chi connectivity index (χ3v) is 8.97. The van der Waals surface area contributed by atoms with E-state index in [9.17, 15) is 39.6 Å². The molecule has 4 unspecified atom stereocenters. The number of ketones is 2. The normalized spacial score (nSPS) is 27.4. The van der Waals surface area contributed by atoms with Crippen LogP contribution in [0.5, 0.6) is 5.75 Å². The van der Waals surface area contributed by atoms with Gasteiger partial charge in [0.2, 0.25) is 11.7 Å². The lowest BCUT2D eigenvalue weighted by Crippen LogP contribution is -2.66. The number of carbonyl (C=O) groups excluding carboxylic acids is 4. The maximum atomic E-state index is 14.2. The van der Waals surface area contributed by atoms with E-state index in [-0.39, 0.29) is 42.9 Å². The summed E-state index contributed by atoms with van der Waals surface area (Å²) >= 11 is 0. The van der Waals surface area contributed by atoms with E-state index in [4.69, 9.17) is 0 Å². The fourth-order valence-corrected chi connectivity index (χ4v) is 6.99. The van der Waals surface area contributed by atoms with Crippen LogP contribution in [0.25, 0.3) is 5.76 Å². The molecule has 5 rings (SSSR count). The van der Waals surface area contributed by atoms with Crippen molar-refractivity contribution in [2.75, 3.05) is 59.8 Å². The number of hydrogen-bond donors (Lipinski definition) is 6. The Morgan fingerprint density at radius 3 is 2.37 bits per heavy atom. The van der Waals surface area contributed by atoms with Crippen LogP contribution in [0.4, 0.5) is 5.69 Å². The number of nitrogens with zero attached hydrogens (tertiary/aromatic N) is 3. The summed E-state index contributed by atoms with van der Waals surface area (Å²) in [7, 11) is 6.61. The van der Waals surface area contributed by atoms with Crippen LogP contribution in [-0.2, 0) is 25.6 Å². The SMILES string of the molecule is CN(C)CC(=O)Nc1ccc2c(c1O)C(O)=C1C(=O)C3(O)C(O)=C(C(=O)NCN4CCCC4)C(=O)C(N(C)C)C3CC1C2. The molecule has 43 heavy (non-hydrogen) atoms. The molecule has 1 aromatic carbocycles. The van der Waals surface area contributed by atoms with E-state index < -0.39 is 69.7 Å². The van der Waals surface area contributed by atoms with Gasteiger partial charge in [0.15, 0.2) is 11.4 Å². The Morgan fingerprint density at radius 2 is 1.74 bits per heavy atom. The fourth-order valence-electron chi connectivity index (χ4n) is 6.99. The van der Waals surface area contributed by atoms with Gasteiger partial charge >= 0.3 is 0 Å². The highest BCUT2D eigenvalue weighted by Gasteiger charge is 2.64. The number of aliphatic hydroxyl groups is 3. The number of carbonyl (C=O) groups is 4. The summed E-state index contributed by atoms with van der Waals surface area (Å²) in [5, 5.41) is 51.1. The number of fused-ring (bicyclic) bond motifs is 3. The van der Waals surface area contributed by atoms with Crippen molar-refractivity contribution in [2.24, 2.45) is 11.8 Å². The minimum absolute atomic E-state index is 0.0322. The number of likely N-dealkylation sites (N-methyl/N-ethyl adjacent to an activating group) is 2. The van der Waals surface area contributed by atoms with Gasteiger partial charge in [-0.3, -0.25) is 29.0 Å². The number of likely N-dealkylation sites (tertiary alicyclic amines) is 1.